The second-order valence-corrected chi connectivity index (χ2v) is 5.66. The Morgan fingerprint density at radius 1 is 0.962 bits per heavy atom. The molecule has 2 aromatic carbocycles. The van der Waals surface area contributed by atoms with Crippen molar-refractivity contribution in [1.29, 1.82) is 0 Å². The Balaban J connectivity index is 1.85. The maximum atomic E-state index is 11.7. The van der Waals surface area contributed by atoms with Crippen molar-refractivity contribution in [2.24, 2.45) is 0 Å². The molecule has 0 bridgehead atoms. The van der Waals surface area contributed by atoms with Gasteiger partial charge in [-0.2, -0.15) is 5.10 Å². The number of aromatic amines is 1. The summed E-state index contributed by atoms with van der Waals surface area (Å²) in [5, 5.41) is 7.38. The molecule has 1 N–H and O–H groups in total. The molecule has 6 nitrogen and oxygen atoms in total. The second kappa shape index (κ2) is 7.95. The molecule has 0 aliphatic rings. The van der Waals surface area contributed by atoms with Gasteiger partial charge in [0.2, 0.25) is 0 Å². The van der Waals surface area contributed by atoms with Gasteiger partial charge in [-0.1, -0.05) is 36.4 Å². The molecule has 134 valence electrons. The number of rotatable bonds is 6. The Hall–Kier alpha value is -2.96. The number of benzene rings is 2. The van der Waals surface area contributed by atoms with Crippen LogP contribution in [-0.4, -0.2) is 37.5 Å². The average molecular weight is 352 g/mol. The van der Waals surface area contributed by atoms with Crippen LogP contribution in [0, 0.1) is 0 Å². The average Bonchev–Trinajstić information content (AvgIpc) is 3.19. The third-order valence-electron chi connectivity index (χ3n) is 4.08. The molecule has 0 fully saturated rings. The molecule has 1 aromatic heterocycles. The molecule has 6 heteroatoms. The van der Waals surface area contributed by atoms with E-state index in [-0.39, 0.29) is 12.3 Å². The third kappa shape index (κ3) is 3.66. The first-order valence-corrected chi connectivity index (χ1v) is 8.06. The van der Waals surface area contributed by atoms with Gasteiger partial charge in [-0.25, -0.2) is 4.79 Å². The fourth-order valence-corrected chi connectivity index (χ4v) is 2.73. The van der Waals surface area contributed by atoms with Gasteiger partial charge in [0.25, 0.3) is 0 Å². The highest BCUT2D eigenvalue weighted by molar-refractivity contribution is 5.90. The number of nitrogens with zero attached hydrogens (tertiary/aromatic N) is 1. The van der Waals surface area contributed by atoms with Crippen molar-refractivity contribution >= 4 is 5.97 Å². The first-order chi connectivity index (χ1) is 12.7. The van der Waals surface area contributed by atoms with Crippen LogP contribution in [0.4, 0.5) is 0 Å². The minimum absolute atomic E-state index is 0.371. The van der Waals surface area contributed by atoms with Crippen LogP contribution in [0.25, 0.3) is 22.5 Å². The van der Waals surface area contributed by atoms with E-state index in [0.717, 1.165) is 28.1 Å². The lowest BCUT2D eigenvalue weighted by atomic mass is 10.1. The van der Waals surface area contributed by atoms with Gasteiger partial charge in [-0.3, -0.25) is 5.10 Å². The fraction of sp³-hybridized carbons (Fsp3) is 0.200. The van der Waals surface area contributed by atoms with E-state index >= 15 is 0 Å². The Morgan fingerprint density at radius 2 is 1.69 bits per heavy atom. The van der Waals surface area contributed by atoms with E-state index in [0.29, 0.717) is 5.56 Å². The van der Waals surface area contributed by atoms with Gasteiger partial charge in [-0.15, -0.1) is 0 Å². The molecule has 0 atom stereocenters. The summed E-state index contributed by atoms with van der Waals surface area (Å²) in [6, 6.07) is 17.0. The van der Waals surface area contributed by atoms with E-state index in [1.807, 2.05) is 36.4 Å². The number of hydrogen-bond acceptors (Lipinski definition) is 5. The summed E-state index contributed by atoms with van der Waals surface area (Å²) < 4.78 is 15.3. The van der Waals surface area contributed by atoms with Crippen LogP contribution < -0.4 is 0 Å². The number of esters is 1. The summed E-state index contributed by atoms with van der Waals surface area (Å²) >= 11 is 0. The summed E-state index contributed by atoms with van der Waals surface area (Å²) in [4.78, 5) is 11.7. The topological polar surface area (TPSA) is 73.4 Å². The standard InChI is InChI=1S/C20H20N2O4/c1-24-19(23)16-6-4-5-15(11-16)18-12-17(21-22-18)13-7-9-14(10-8-13)20(25-2)26-3/h4-12,20H,1-3H3,(H,21,22). The summed E-state index contributed by atoms with van der Waals surface area (Å²) in [5.41, 5.74) is 4.88. The Labute approximate surface area is 151 Å². The molecule has 0 spiro atoms. The van der Waals surface area contributed by atoms with Crippen molar-refractivity contribution in [3.05, 3.63) is 65.7 Å². The Bertz CT molecular complexity index is 883. The molecule has 0 saturated heterocycles. The van der Waals surface area contributed by atoms with Crippen LogP contribution in [-0.2, 0) is 14.2 Å². The first-order valence-electron chi connectivity index (χ1n) is 8.06. The van der Waals surface area contributed by atoms with E-state index in [1.165, 1.54) is 7.11 Å². The third-order valence-corrected chi connectivity index (χ3v) is 4.08. The fourth-order valence-electron chi connectivity index (χ4n) is 2.73. The van der Waals surface area contributed by atoms with Crippen molar-refractivity contribution in [3.63, 3.8) is 0 Å². The van der Waals surface area contributed by atoms with Gasteiger partial charge >= 0.3 is 5.97 Å². The maximum absolute atomic E-state index is 11.7. The maximum Gasteiger partial charge on any atom is 0.337 e. The zero-order valence-electron chi connectivity index (χ0n) is 14.9. The number of ether oxygens (including phenoxy) is 3. The van der Waals surface area contributed by atoms with Crippen LogP contribution in [0.1, 0.15) is 22.2 Å². The van der Waals surface area contributed by atoms with Gasteiger partial charge < -0.3 is 14.2 Å². The van der Waals surface area contributed by atoms with Gasteiger partial charge in [0, 0.05) is 25.3 Å². The second-order valence-electron chi connectivity index (χ2n) is 5.66. The highest BCUT2D eigenvalue weighted by atomic mass is 16.7. The summed E-state index contributed by atoms with van der Waals surface area (Å²) in [6.45, 7) is 0. The zero-order valence-corrected chi connectivity index (χ0v) is 14.9. The quantitative estimate of drug-likeness (QED) is 0.539. The number of methoxy groups -OCH3 is 3. The minimum atomic E-state index is -0.387. The summed E-state index contributed by atoms with van der Waals surface area (Å²) in [7, 11) is 4.57. The highest BCUT2D eigenvalue weighted by Crippen LogP contribution is 2.26. The lowest BCUT2D eigenvalue weighted by Gasteiger charge is -2.13. The van der Waals surface area contributed by atoms with Crippen LogP contribution in [0.15, 0.2) is 54.6 Å². The number of nitrogens with one attached hydrogen (secondary N) is 1. The van der Waals surface area contributed by atoms with Crippen molar-refractivity contribution < 1.29 is 19.0 Å². The van der Waals surface area contributed by atoms with Crippen molar-refractivity contribution in [1.82, 2.24) is 10.2 Å². The minimum Gasteiger partial charge on any atom is -0.465 e. The number of carbonyl (C=O) groups is 1. The van der Waals surface area contributed by atoms with E-state index in [2.05, 4.69) is 10.2 Å². The number of carbonyl (C=O) groups excluding carboxylic acids is 1. The molecule has 0 aliphatic carbocycles. The van der Waals surface area contributed by atoms with E-state index in [9.17, 15) is 4.79 Å². The largest absolute Gasteiger partial charge is 0.465 e. The van der Waals surface area contributed by atoms with Crippen LogP contribution in [0.3, 0.4) is 0 Å². The molecule has 3 aromatic rings. The lowest BCUT2D eigenvalue weighted by Crippen LogP contribution is -2.03. The van der Waals surface area contributed by atoms with Crippen molar-refractivity contribution in [3.8, 4) is 22.5 Å². The van der Waals surface area contributed by atoms with Crippen molar-refractivity contribution in [2.75, 3.05) is 21.3 Å². The van der Waals surface area contributed by atoms with Gasteiger partial charge in [-0.05, 0) is 23.8 Å². The molecule has 0 unspecified atom stereocenters. The monoisotopic (exact) mass is 352 g/mol. The smallest absolute Gasteiger partial charge is 0.337 e. The highest BCUT2D eigenvalue weighted by Gasteiger charge is 2.12. The summed E-state index contributed by atoms with van der Waals surface area (Å²) in [5.74, 6) is -0.371. The normalized spacial score (nSPS) is 10.9. The predicted octanol–water partition coefficient (Wildman–Crippen LogP) is 3.82. The van der Waals surface area contributed by atoms with Gasteiger partial charge in [0.05, 0.1) is 24.1 Å². The molecule has 0 amide bonds. The molecule has 1 heterocycles. The van der Waals surface area contributed by atoms with E-state index in [1.54, 1.807) is 32.4 Å². The molecule has 0 saturated carbocycles. The number of hydrogen-bond donors (Lipinski definition) is 1. The first kappa shape index (κ1) is 17.8. The van der Waals surface area contributed by atoms with Crippen LogP contribution >= 0.6 is 0 Å². The molecule has 0 aliphatic heterocycles. The number of H-pyrrole nitrogens is 1. The Kier molecular flexibility index (Phi) is 5.46. The van der Waals surface area contributed by atoms with Crippen molar-refractivity contribution in [2.45, 2.75) is 6.29 Å². The molecular formula is C20H20N2O4. The SMILES string of the molecule is COC(=O)c1cccc(-c2cc(-c3ccc(C(OC)OC)cc3)[nH]n2)c1. The lowest BCUT2D eigenvalue weighted by molar-refractivity contribution is -0.106. The Morgan fingerprint density at radius 3 is 2.35 bits per heavy atom. The van der Waals surface area contributed by atoms with E-state index in [4.69, 9.17) is 14.2 Å². The van der Waals surface area contributed by atoms with Crippen LogP contribution in [0.2, 0.25) is 0 Å². The molecular weight excluding hydrogens is 332 g/mol. The van der Waals surface area contributed by atoms with Gasteiger partial charge in [0.15, 0.2) is 6.29 Å². The zero-order chi connectivity index (χ0) is 18.5. The van der Waals surface area contributed by atoms with Gasteiger partial charge in [0.1, 0.15) is 0 Å². The molecule has 26 heavy (non-hydrogen) atoms. The molecule has 3 rings (SSSR count). The molecule has 0 radical (unpaired) electrons. The predicted molar refractivity (Wildman–Crippen MR) is 97.6 cm³/mol. The number of aromatic nitrogens is 2. The van der Waals surface area contributed by atoms with Crippen LogP contribution in [0.5, 0.6) is 0 Å². The van der Waals surface area contributed by atoms with E-state index < -0.39 is 0 Å². The summed E-state index contributed by atoms with van der Waals surface area (Å²) in [6.07, 6.45) is -0.387.